The molecule has 0 saturated heterocycles. The molecule has 0 aliphatic heterocycles. The lowest BCUT2D eigenvalue weighted by Gasteiger charge is -2.29. The molecule has 1 unspecified atom stereocenters. The Bertz CT molecular complexity index is 330. The van der Waals surface area contributed by atoms with Gasteiger partial charge in [-0.3, -0.25) is 0 Å². The van der Waals surface area contributed by atoms with Crippen molar-refractivity contribution in [3.63, 3.8) is 0 Å². The van der Waals surface area contributed by atoms with Gasteiger partial charge in [0.1, 0.15) is 0 Å². The SMILES string of the molecule is C=C(Br)COC(C(=O)OCC)[C@H]1CCC=C[C@H]1Cl. The van der Waals surface area contributed by atoms with Crippen LogP contribution < -0.4 is 0 Å². The maximum absolute atomic E-state index is 11.9. The summed E-state index contributed by atoms with van der Waals surface area (Å²) in [5, 5.41) is -0.197. The van der Waals surface area contributed by atoms with Gasteiger partial charge in [0.05, 0.1) is 18.6 Å². The molecule has 0 fully saturated rings. The van der Waals surface area contributed by atoms with Gasteiger partial charge < -0.3 is 9.47 Å². The summed E-state index contributed by atoms with van der Waals surface area (Å²) in [5.74, 6) is -0.403. The van der Waals surface area contributed by atoms with Crippen LogP contribution in [0.1, 0.15) is 19.8 Å². The van der Waals surface area contributed by atoms with E-state index in [1.54, 1.807) is 6.92 Å². The monoisotopic (exact) mass is 336 g/mol. The van der Waals surface area contributed by atoms with Gasteiger partial charge >= 0.3 is 5.97 Å². The van der Waals surface area contributed by atoms with E-state index in [1.165, 1.54) is 0 Å². The van der Waals surface area contributed by atoms with Gasteiger partial charge in [-0.15, -0.1) is 11.6 Å². The van der Waals surface area contributed by atoms with Gasteiger partial charge in [-0.2, -0.15) is 0 Å². The Kier molecular flexibility index (Phi) is 6.97. The van der Waals surface area contributed by atoms with Gasteiger partial charge in [-0.05, 0) is 19.8 Å². The quantitative estimate of drug-likeness (QED) is 0.423. The zero-order valence-electron chi connectivity index (χ0n) is 10.4. The van der Waals surface area contributed by atoms with E-state index >= 15 is 0 Å². The molecule has 0 spiro atoms. The van der Waals surface area contributed by atoms with Crippen molar-refractivity contribution in [2.24, 2.45) is 5.92 Å². The number of allylic oxidation sites excluding steroid dienone is 2. The van der Waals surface area contributed by atoms with Crippen molar-refractivity contribution in [2.45, 2.75) is 31.2 Å². The number of ether oxygens (including phenoxy) is 2. The van der Waals surface area contributed by atoms with Crippen LogP contribution in [-0.2, 0) is 14.3 Å². The molecule has 1 aliphatic carbocycles. The number of esters is 1. The Morgan fingerprint density at radius 1 is 1.67 bits per heavy atom. The van der Waals surface area contributed by atoms with E-state index in [-0.39, 0.29) is 23.9 Å². The highest BCUT2D eigenvalue weighted by atomic mass is 79.9. The second kappa shape index (κ2) is 7.97. The number of rotatable bonds is 6. The minimum Gasteiger partial charge on any atom is -0.464 e. The maximum Gasteiger partial charge on any atom is 0.335 e. The summed E-state index contributed by atoms with van der Waals surface area (Å²) in [6.45, 7) is 6.07. The lowest BCUT2D eigenvalue weighted by Crippen LogP contribution is -2.39. The van der Waals surface area contributed by atoms with E-state index in [4.69, 9.17) is 21.1 Å². The van der Waals surface area contributed by atoms with E-state index in [0.717, 1.165) is 12.8 Å². The summed E-state index contributed by atoms with van der Waals surface area (Å²) >= 11 is 9.44. The average Bonchev–Trinajstić information content (AvgIpc) is 2.31. The smallest absolute Gasteiger partial charge is 0.335 e. The fraction of sp³-hybridized carbons (Fsp3) is 0.615. The van der Waals surface area contributed by atoms with Crippen LogP contribution >= 0.6 is 27.5 Å². The first-order valence-corrected chi connectivity index (χ1v) is 7.21. The molecule has 0 saturated carbocycles. The lowest BCUT2D eigenvalue weighted by molar-refractivity contribution is -0.159. The van der Waals surface area contributed by atoms with Crippen LogP contribution in [-0.4, -0.2) is 30.7 Å². The van der Waals surface area contributed by atoms with Gasteiger partial charge in [-0.25, -0.2) is 4.79 Å². The molecule has 0 aromatic carbocycles. The van der Waals surface area contributed by atoms with Crippen LogP contribution in [0.4, 0.5) is 0 Å². The van der Waals surface area contributed by atoms with Crippen LogP contribution in [0, 0.1) is 5.92 Å². The van der Waals surface area contributed by atoms with Crippen molar-refractivity contribution < 1.29 is 14.3 Å². The van der Waals surface area contributed by atoms with Gasteiger partial charge in [-0.1, -0.05) is 34.7 Å². The second-order valence-electron chi connectivity index (χ2n) is 4.11. The van der Waals surface area contributed by atoms with Crippen LogP contribution in [0.2, 0.25) is 0 Å². The highest BCUT2D eigenvalue weighted by Gasteiger charge is 2.35. The summed E-state index contributed by atoms with van der Waals surface area (Å²) in [6.07, 6.45) is 5.03. The predicted octanol–water partition coefficient (Wildman–Crippen LogP) is 3.42. The Morgan fingerprint density at radius 3 is 2.94 bits per heavy atom. The molecule has 0 aromatic rings. The number of halogens is 2. The van der Waals surface area contributed by atoms with Crippen molar-refractivity contribution in [1.29, 1.82) is 0 Å². The minimum absolute atomic E-state index is 0.0532. The van der Waals surface area contributed by atoms with Gasteiger partial charge in [0, 0.05) is 10.4 Å². The largest absolute Gasteiger partial charge is 0.464 e. The molecular formula is C13H18BrClO3. The molecule has 5 heteroatoms. The van der Waals surface area contributed by atoms with E-state index in [0.29, 0.717) is 11.1 Å². The Morgan fingerprint density at radius 2 is 2.39 bits per heavy atom. The molecule has 18 heavy (non-hydrogen) atoms. The van der Waals surface area contributed by atoms with E-state index in [2.05, 4.69) is 22.5 Å². The summed E-state index contributed by atoms with van der Waals surface area (Å²) in [6, 6.07) is 0. The molecule has 102 valence electrons. The molecule has 3 atom stereocenters. The Balaban J connectivity index is 2.71. The van der Waals surface area contributed by atoms with Crippen LogP contribution in [0.25, 0.3) is 0 Å². The molecule has 0 aromatic heterocycles. The number of hydrogen-bond acceptors (Lipinski definition) is 3. The first-order chi connectivity index (χ1) is 8.56. The van der Waals surface area contributed by atoms with Crippen LogP contribution in [0.5, 0.6) is 0 Å². The molecule has 1 rings (SSSR count). The number of carbonyl (C=O) groups excluding carboxylic acids is 1. The molecule has 0 heterocycles. The highest BCUT2D eigenvalue weighted by molar-refractivity contribution is 9.11. The van der Waals surface area contributed by atoms with Crippen LogP contribution in [0.3, 0.4) is 0 Å². The average molecular weight is 338 g/mol. The van der Waals surface area contributed by atoms with Gasteiger partial charge in [0.15, 0.2) is 6.10 Å². The maximum atomic E-state index is 11.9. The number of carbonyl (C=O) groups is 1. The first-order valence-electron chi connectivity index (χ1n) is 5.98. The van der Waals surface area contributed by atoms with Crippen molar-refractivity contribution in [3.8, 4) is 0 Å². The third-order valence-corrected chi connectivity index (χ3v) is 3.42. The normalized spacial score (nSPS) is 24.6. The highest BCUT2D eigenvalue weighted by Crippen LogP contribution is 2.29. The zero-order valence-corrected chi connectivity index (χ0v) is 12.7. The number of alkyl halides is 1. The Labute approximate surface area is 121 Å². The molecule has 0 N–H and O–H groups in total. The Hall–Kier alpha value is -0.320. The molecule has 1 aliphatic rings. The summed E-state index contributed by atoms with van der Waals surface area (Å²) < 4.78 is 11.3. The van der Waals surface area contributed by atoms with Gasteiger partial charge in [0.25, 0.3) is 0 Å². The van der Waals surface area contributed by atoms with Crippen molar-refractivity contribution in [1.82, 2.24) is 0 Å². The predicted molar refractivity (Wildman–Crippen MR) is 75.9 cm³/mol. The summed E-state index contributed by atoms with van der Waals surface area (Å²) in [7, 11) is 0. The molecule has 0 amide bonds. The topological polar surface area (TPSA) is 35.5 Å². The van der Waals surface area contributed by atoms with Crippen molar-refractivity contribution >= 4 is 33.5 Å². The third kappa shape index (κ3) is 4.75. The van der Waals surface area contributed by atoms with E-state index in [1.807, 2.05) is 12.2 Å². The standard InChI is InChI=1S/C13H18BrClO3/c1-3-17-13(16)12(18-8-9(2)14)10-6-4-5-7-11(10)15/h5,7,10-12H,2-4,6,8H2,1H3/t10-,11+,12?/m0/s1. The molecular weight excluding hydrogens is 319 g/mol. The number of hydrogen-bond donors (Lipinski definition) is 0. The molecule has 0 radical (unpaired) electrons. The first kappa shape index (κ1) is 15.7. The second-order valence-corrected chi connectivity index (χ2v) is 5.74. The summed E-state index contributed by atoms with van der Waals surface area (Å²) in [5.41, 5.74) is 0. The van der Waals surface area contributed by atoms with Crippen molar-refractivity contribution in [3.05, 3.63) is 23.2 Å². The fourth-order valence-electron chi connectivity index (χ4n) is 1.91. The van der Waals surface area contributed by atoms with E-state index in [9.17, 15) is 4.79 Å². The fourth-order valence-corrected chi connectivity index (χ4v) is 2.40. The summed E-state index contributed by atoms with van der Waals surface area (Å²) in [4.78, 5) is 11.9. The van der Waals surface area contributed by atoms with Gasteiger partial charge in [0.2, 0.25) is 0 Å². The van der Waals surface area contributed by atoms with E-state index < -0.39 is 6.10 Å². The zero-order chi connectivity index (χ0) is 13.5. The lowest BCUT2D eigenvalue weighted by atomic mass is 9.88. The molecule has 3 nitrogen and oxygen atoms in total. The third-order valence-electron chi connectivity index (χ3n) is 2.72. The van der Waals surface area contributed by atoms with Crippen LogP contribution in [0.15, 0.2) is 23.2 Å². The molecule has 0 bridgehead atoms. The minimum atomic E-state index is -0.633. The van der Waals surface area contributed by atoms with Crippen molar-refractivity contribution in [2.75, 3.05) is 13.2 Å².